The van der Waals surface area contributed by atoms with E-state index < -0.39 is 0 Å². The highest BCUT2D eigenvalue weighted by Crippen LogP contribution is 2.28. The van der Waals surface area contributed by atoms with Crippen LogP contribution in [0.2, 0.25) is 5.02 Å². The molecule has 0 aromatic heterocycles. The van der Waals surface area contributed by atoms with E-state index in [4.69, 9.17) is 16.3 Å². The van der Waals surface area contributed by atoms with Crippen molar-refractivity contribution in [3.8, 4) is 5.75 Å². The summed E-state index contributed by atoms with van der Waals surface area (Å²) in [6.07, 6.45) is 2.37. The standard InChI is InChI=1S/C15H19ClN2O2/c1-20-14-8-11(16)2-3-12(14)15(19)17-13-9-18-6-4-10(13)5-7-18/h2-3,8,10,13H,4-7,9H2,1H3,(H,17,19)/t13-/m1/s1. The van der Waals surface area contributed by atoms with Gasteiger partial charge in [0.05, 0.1) is 12.7 Å². The van der Waals surface area contributed by atoms with Gasteiger partial charge in [-0.25, -0.2) is 0 Å². The molecule has 3 heterocycles. The zero-order valence-corrected chi connectivity index (χ0v) is 12.3. The number of amides is 1. The van der Waals surface area contributed by atoms with E-state index in [1.165, 1.54) is 25.9 Å². The first kappa shape index (κ1) is 13.7. The molecule has 3 fully saturated rings. The highest BCUT2D eigenvalue weighted by atomic mass is 35.5. The number of nitrogens with one attached hydrogen (secondary N) is 1. The number of ether oxygens (including phenoxy) is 1. The van der Waals surface area contributed by atoms with Crippen LogP contribution in [0.3, 0.4) is 0 Å². The molecule has 3 aliphatic rings. The Morgan fingerprint density at radius 3 is 2.75 bits per heavy atom. The highest BCUT2D eigenvalue weighted by molar-refractivity contribution is 6.30. The third-order valence-corrected chi connectivity index (χ3v) is 4.62. The van der Waals surface area contributed by atoms with Gasteiger partial charge in [-0.05, 0) is 50.0 Å². The SMILES string of the molecule is COc1cc(Cl)ccc1C(=O)N[C@@H]1CN2CCC1CC2. The second kappa shape index (κ2) is 5.62. The molecule has 20 heavy (non-hydrogen) atoms. The molecular formula is C15H19ClN2O2. The number of benzene rings is 1. The molecule has 108 valence electrons. The first-order chi connectivity index (χ1) is 9.67. The number of hydrogen-bond donors (Lipinski definition) is 1. The van der Waals surface area contributed by atoms with Crippen LogP contribution in [0, 0.1) is 5.92 Å². The van der Waals surface area contributed by atoms with Gasteiger partial charge in [-0.2, -0.15) is 0 Å². The molecule has 5 heteroatoms. The van der Waals surface area contributed by atoms with Crippen LogP contribution >= 0.6 is 11.6 Å². The Labute approximate surface area is 124 Å². The number of hydrogen-bond acceptors (Lipinski definition) is 3. The van der Waals surface area contributed by atoms with Crippen molar-refractivity contribution < 1.29 is 9.53 Å². The van der Waals surface area contributed by atoms with Crippen LogP contribution in [0.5, 0.6) is 5.75 Å². The molecule has 1 aromatic carbocycles. The second-order valence-corrected chi connectivity index (χ2v) is 6.00. The predicted molar refractivity (Wildman–Crippen MR) is 78.4 cm³/mol. The lowest BCUT2D eigenvalue weighted by Gasteiger charge is -2.44. The second-order valence-electron chi connectivity index (χ2n) is 5.56. The Hall–Kier alpha value is -1.26. The number of fused-ring (bicyclic) bond motifs is 3. The van der Waals surface area contributed by atoms with Crippen molar-refractivity contribution in [2.75, 3.05) is 26.7 Å². The molecule has 3 aliphatic heterocycles. The molecule has 0 radical (unpaired) electrons. The molecule has 1 aromatic rings. The first-order valence-electron chi connectivity index (χ1n) is 7.04. The molecule has 2 bridgehead atoms. The molecule has 0 unspecified atom stereocenters. The predicted octanol–water partition coefficient (Wildman–Crippen LogP) is 2.17. The number of halogens is 1. The molecular weight excluding hydrogens is 276 g/mol. The number of methoxy groups -OCH3 is 1. The summed E-state index contributed by atoms with van der Waals surface area (Å²) in [5.41, 5.74) is 0.549. The molecule has 1 N–H and O–H groups in total. The summed E-state index contributed by atoms with van der Waals surface area (Å²) >= 11 is 5.93. The lowest BCUT2D eigenvalue weighted by molar-refractivity contribution is 0.0619. The monoisotopic (exact) mass is 294 g/mol. The quantitative estimate of drug-likeness (QED) is 0.929. The van der Waals surface area contributed by atoms with E-state index in [1.54, 1.807) is 25.3 Å². The van der Waals surface area contributed by atoms with Crippen molar-refractivity contribution in [2.45, 2.75) is 18.9 Å². The average Bonchev–Trinajstić information content (AvgIpc) is 2.48. The summed E-state index contributed by atoms with van der Waals surface area (Å²) < 4.78 is 5.24. The van der Waals surface area contributed by atoms with Crippen LogP contribution in [0.25, 0.3) is 0 Å². The summed E-state index contributed by atoms with van der Waals surface area (Å²) in [7, 11) is 1.55. The van der Waals surface area contributed by atoms with E-state index in [2.05, 4.69) is 10.2 Å². The topological polar surface area (TPSA) is 41.6 Å². The Bertz CT molecular complexity index is 513. The highest BCUT2D eigenvalue weighted by Gasteiger charge is 2.35. The molecule has 1 atom stereocenters. The molecule has 1 amide bonds. The van der Waals surface area contributed by atoms with E-state index in [0.717, 1.165) is 6.54 Å². The van der Waals surface area contributed by atoms with Gasteiger partial charge in [0.1, 0.15) is 5.75 Å². The van der Waals surface area contributed by atoms with Crippen molar-refractivity contribution >= 4 is 17.5 Å². The fourth-order valence-corrected chi connectivity index (χ4v) is 3.39. The number of carbonyl (C=O) groups excluding carboxylic acids is 1. The van der Waals surface area contributed by atoms with Gasteiger partial charge in [0, 0.05) is 17.6 Å². The summed E-state index contributed by atoms with van der Waals surface area (Å²) in [5, 5.41) is 3.73. The normalized spacial score (nSPS) is 28.2. The number of piperidine rings is 3. The van der Waals surface area contributed by atoms with Gasteiger partial charge in [-0.3, -0.25) is 4.79 Å². The zero-order chi connectivity index (χ0) is 14.1. The zero-order valence-electron chi connectivity index (χ0n) is 11.6. The minimum absolute atomic E-state index is 0.0720. The fraction of sp³-hybridized carbons (Fsp3) is 0.533. The van der Waals surface area contributed by atoms with Crippen molar-refractivity contribution in [2.24, 2.45) is 5.92 Å². The van der Waals surface area contributed by atoms with Crippen LogP contribution in [0.1, 0.15) is 23.2 Å². The van der Waals surface area contributed by atoms with Crippen LogP contribution in [0.15, 0.2) is 18.2 Å². The Kier molecular flexibility index (Phi) is 3.85. The van der Waals surface area contributed by atoms with Crippen molar-refractivity contribution in [1.29, 1.82) is 0 Å². The number of rotatable bonds is 3. The smallest absolute Gasteiger partial charge is 0.255 e. The van der Waals surface area contributed by atoms with Crippen molar-refractivity contribution in [1.82, 2.24) is 10.2 Å². The van der Waals surface area contributed by atoms with Crippen LogP contribution in [-0.4, -0.2) is 43.6 Å². The summed E-state index contributed by atoms with van der Waals surface area (Å²) in [6.45, 7) is 3.30. The Balaban J connectivity index is 1.73. The van der Waals surface area contributed by atoms with Gasteiger partial charge >= 0.3 is 0 Å². The minimum Gasteiger partial charge on any atom is -0.496 e. The van der Waals surface area contributed by atoms with Gasteiger partial charge in [0.25, 0.3) is 5.91 Å². The van der Waals surface area contributed by atoms with Crippen LogP contribution < -0.4 is 10.1 Å². The van der Waals surface area contributed by atoms with E-state index in [9.17, 15) is 4.79 Å². The van der Waals surface area contributed by atoms with Gasteiger partial charge in [-0.15, -0.1) is 0 Å². The van der Waals surface area contributed by atoms with Crippen molar-refractivity contribution in [3.63, 3.8) is 0 Å². The van der Waals surface area contributed by atoms with E-state index in [-0.39, 0.29) is 11.9 Å². The molecule has 3 saturated heterocycles. The lowest BCUT2D eigenvalue weighted by atomic mass is 9.84. The van der Waals surface area contributed by atoms with Crippen molar-refractivity contribution in [3.05, 3.63) is 28.8 Å². The minimum atomic E-state index is -0.0720. The largest absolute Gasteiger partial charge is 0.496 e. The molecule has 0 saturated carbocycles. The van der Waals surface area contributed by atoms with Crippen LogP contribution in [-0.2, 0) is 0 Å². The van der Waals surface area contributed by atoms with Crippen LogP contribution in [0.4, 0.5) is 0 Å². The third-order valence-electron chi connectivity index (χ3n) is 4.38. The summed E-state index contributed by atoms with van der Waals surface area (Å²) in [5.74, 6) is 1.07. The fourth-order valence-electron chi connectivity index (χ4n) is 3.23. The van der Waals surface area contributed by atoms with E-state index >= 15 is 0 Å². The van der Waals surface area contributed by atoms with E-state index in [0.29, 0.717) is 22.3 Å². The first-order valence-corrected chi connectivity index (χ1v) is 7.42. The summed E-state index contributed by atoms with van der Waals surface area (Å²) in [6, 6.07) is 5.37. The molecule has 4 nitrogen and oxygen atoms in total. The average molecular weight is 295 g/mol. The maximum Gasteiger partial charge on any atom is 0.255 e. The number of carbonyl (C=O) groups is 1. The van der Waals surface area contributed by atoms with Gasteiger partial charge in [0.15, 0.2) is 0 Å². The number of nitrogens with zero attached hydrogens (tertiary/aromatic N) is 1. The van der Waals surface area contributed by atoms with Gasteiger partial charge < -0.3 is 15.0 Å². The summed E-state index contributed by atoms with van der Waals surface area (Å²) in [4.78, 5) is 14.8. The maximum atomic E-state index is 12.4. The lowest BCUT2D eigenvalue weighted by Crippen LogP contribution is -2.57. The molecule has 0 spiro atoms. The van der Waals surface area contributed by atoms with Gasteiger partial charge in [0.2, 0.25) is 0 Å². The molecule has 4 rings (SSSR count). The third kappa shape index (κ3) is 2.63. The van der Waals surface area contributed by atoms with Gasteiger partial charge in [-0.1, -0.05) is 11.6 Å². The maximum absolute atomic E-state index is 12.4. The molecule has 0 aliphatic carbocycles. The Morgan fingerprint density at radius 1 is 1.40 bits per heavy atom. The Morgan fingerprint density at radius 2 is 2.15 bits per heavy atom. The van der Waals surface area contributed by atoms with E-state index in [1.807, 2.05) is 0 Å².